The van der Waals surface area contributed by atoms with Crippen molar-refractivity contribution in [3.63, 3.8) is 0 Å². The Kier molecular flexibility index (Phi) is 6.71. The first kappa shape index (κ1) is 23.0. The Balaban J connectivity index is 1.64. The monoisotopic (exact) mass is 477 g/mol. The predicted molar refractivity (Wildman–Crippen MR) is 123 cm³/mol. The number of benzene rings is 2. The number of ether oxygens (including phenoxy) is 1. The molecule has 0 bridgehead atoms. The van der Waals surface area contributed by atoms with Crippen LogP contribution in [0.4, 0.5) is 11.5 Å². The normalized spacial score (nSPS) is 11.0. The van der Waals surface area contributed by atoms with Gasteiger partial charge in [-0.25, -0.2) is 10.1 Å². The van der Waals surface area contributed by atoms with Crippen LogP contribution in [0.5, 0.6) is 5.75 Å². The molecule has 14 nitrogen and oxygen atoms in total. The molecule has 0 aliphatic rings. The first-order chi connectivity index (χ1) is 17.0. The summed E-state index contributed by atoms with van der Waals surface area (Å²) in [6, 6.07) is 12.7. The van der Waals surface area contributed by atoms with Crippen molar-refractivity contribution in [2.75, 3.05) is 12.3 Å². The standard InChI is InChI=1S/C21H19N9O5/c1-2-10-34-16-8-6-14(7-9-16)18-17(24-28-29(18)20-19(22)26-35-27-20)21(31)25-23-12-13-4-3-5-15(11-13)30(32)33/h3-9,11-12H,2,10H2,1H3,(H2,22,26)(H,25,31). The molecule has 0 spiro atoms. The van der Waals surface area contributed by atoms with Gasteiger partial charge in [-0.2, -0.15) is 9.78 Å². The van der Waals surface area contributed by atoms with Crippen LogP contribution in [0.2, 0.25) is 0 Å². The van der Waals surface area contributed by atoms with Gasteiger partial charge in [-0.3, -0.25) is 14.9 Å². The van der Waals surface area contributed by atoms with E-state index >= 15 is 0 Å². The van der Waals surface area contributed by atoms with Crippen LogP contribution in [-0.2, 0) is 0 Å². The van der Waals surface area contributed by atoms with Crippen LogP contribution in [0.1, 0.15) is 29.4 Å². The number of rotatable bonds is 9. The van der Waals surface area contributed by atoms with Crippen molar-refractivity contribution in [1.29, 1.82) is 0 Å². The number of nitrogens with zero attached hydrogens (tertiary/aromatic N) is 7. The number of non-ortho nitro benzene ring substituents is 1. The summed E-state index contributed by atoms with van der Waals surface area (Å²) in [7, 11) is 0. The molecule has 0 atom stereocenters. The number of nitrogen functional groups attached to an aromatic ring is 1. The zero-order valence-electron chi connectivity index (χ0n) is 18.4. The Labute approximate surface area is 197 Å². The summed E-state index contributed by atoms with van der Waals surface area (Å²) in [6.07, 6.45) is 2.13. The minimum Gasteiger partial charge on any atom is -0.494 e. The lowest BCUT2D eigenvalue weighted by Gasteiger charge is -2.08. The number of nitro benzene ring substituents is 1. The molecule has 35 heavy (non-hydrogen) atoms. The molecular formula is C21H19N9O5. The summed E-state index contributed by atoms with van der Waals surface area (Å²) in [5.41, 5.74) is 9.23. The van der Waals surface area contributed by atoms with Crippen LogP contribution in [0.15, 0.2) is 58.3 Å². The molecule has 2 aromatic heterocycles. The van der Waals surface area contributed by atoms with Crippen molar-refractivity contribution in [1.82, 2.24) is 30.7 Å². The number of carbonyl (C=O) groups excluding carboxylic acids is 1. The highest BCUT2D eigenvalue weighted by Crippen LogP contribution is 2.28. The molecule has 0 fully saturated rings. The summed E-state index contributed by atoms with van der Waals surface area (Å²) in [5.74, 6) is -0.0216. The van der Waals surface area contributed by atoms with Gasteiger partial charge < -0.3 is 10.5 Å². The molecule has 2 heterocycles. The van der Waals surface area contributed by atoms with Crippen molar-refractivity contribution in [3.05, 3.63) is 69.9 Å². The third-order valence-corrected chi connectivity index (χ3v) is 4.64. The van der Waals surface area contributed by atoms with Crippen LogP contribution in [0.3, 0.4) is 0 Å². The molecule has 1 amide bonds. The van der Waals surface area contributed by atoms with Crippen molar-refractivity contribution in [2.45, 2.75) is 13.3 Å². The predicted octanol–water partition coefficient (Wildman–Crippen LogP) is 2.36. The topological polar surface area (TPSA) is 189 Å². The first-order valence-corrected chi connectivity index (χ1v) is 10.3. The second-order valence-electron chi connectivity index (χ2n) is 7.10. The van der Waals surface area contributed by atoms with E-state index in [9.17, 15) is 14.9 Å². The SMILES string of the molecule is CCCOc1ccc(-c2c(C(=O)NN=Cc3cccc([N+](=O)[O-])c3)nnn2-c2nonc2N)cc1. The van der Waals surface area contributed by atoms with Crippen molar-refractivity contribution < 1.29 is 19.1 Å². The third kappa shape index (κ3) is 5.11. The van der Waals surface area contributed by atoms with Gasteiger partial charge in [0.25, 0.3) is 11.6 Å². The van der Waals surface area contributed by atoms with Crippen LogP contribution in [0.25, 0.3) is 17.1 Å². The van der Waals surface area contributed by atoms with Crippen LogP contribution in [-0.4, -0.2) is 49.0 Å². The molecule has 14 heteroatoms. The minimum absolute atomic E-state index is 0.0466. The average Bonchev–Trinajstić information content (AvgIpc) is 3.49. The quantitative estimate of drug-likeness (QED) is 0.205. The van der Waals surface area contributed by atoms with Crippen molar-refractivity contribution in [3.8, 4) is 22.8 Å². The molecule has 0 unspecified atom stereocenters. The summed E-state index contributed by atoms with van der Waals surface area (Å²) in [6.45, 7) is 2.57. The van der Waals surface area contributed by atoms with Gasteiger partial charge in [-0.05, 0) is 41.0 Å². The fourth-order valence-electron chi connectivity index (χ4n) is 3.05. The van der Waals surface area contributed by atoms with E-state index in [-0.39, 0.29) is 28.7 Å². The summed E-state index contributed by atoms with van der Waals surface area (Å²) >= 11 is 0. The molecular weight excluding hydrogens is 458 g/mol. The number of amides is 1. The van der Waals surface area contributed by atoms with E-state index in [1.54, 1.807) is 30.3 Å². The number of carbonyl (C=O) groups is 1. The maximum Gasteiger partial charge on any atom is 0.294 e. The fraction of sp³-hybridized carbons (Fsp3) is 0.143. The lowest BCUT2D eigenvalue weighted by molar-refractivity contribution is -0.384. The van der Waals surface area contributed by atoms with Crippen LogP contribution < -0.4 is 15.9 Å². The number of hydrogen-bond donors (Lipinski definition) is 2. The molecule has 0 radical (unpaired) electrons. The van der Waals surface area contributed by atoms with Crippen molar-refractivity contribution in [2.24, 2.45) is 5.10 Å². The highest BCUT2D eigenvalue weighted by atomic mass is 16.6. The lowest BCUT2D eigenvalue weighted by atomic mass is 10.1. The highest BCUT2D eigenvalue weighted by molar-refractivity contribution is 5.98. The number of hydrogen-bond acceptors (Lipinski definition) is 11. The van der Waals surface area contributed by atoms with Gasteiger partial charge in [0.1, 0.15) is 11.4 Å². The zero-order chi connectivity index (χ0) is 24.8. The number of nitro groups is 1. The Hall–Kier alpha value is -5.14. The van der Waals surface area contributed by atoms with Gasteiger partial charge in [0.05, 0.1) is 17.7 Å². The van der Waals surface area contributed by atoms with E-state index in [0.717, 1.165) is 6.42 Å². The third-order valence-electron chi connectivity index (χ3n) is 4.64. The van der Waals surface area contributed by atoms with E-state index in [4.69, 9.17) is 10.5 Å². The Morgan fingerprint density at radius 3 is 2.77 bits per heavy atom. The van der Waals surface area contributed by atoms with Crippen LogP contribution >= 0.6 is 0 Å². The van der Waals surface area contributed by atoms with E-state index in [1.165, 1.54) is 29.1 Å². The maximum absolute atomic E-state index is 12.9. The maximum atomic E-state index is 12.9. The van der Waals surface area contributed by atoms with E-state index in [2.05, 4.69) is 35.8 Å². The largest absolute Gasteiger partial charge is 0.494 e. The highest BCUT2D eigenvalue weighted by Gasteiger charge is 2.25. The van der Waals surface area contributed by atoms with E-state index in [1.807, 2.05) is 6.92 Å². The summed E-state index contributed by atoms with van der Waals surface area (Å²) < 4.78 is 11.5. The molecule has 0 saturated carbocycles. The molecule has 4 aromatic rings. The number of hydrazone groups is 1. The second-order valence-corrected chi connectivity index (χ2v) is 7.10. The molecule has 0 aliphatic carbocycles. The van der Waals surface area contributed by atoms with E-state index < -0.39 is 10.8 Å². The molecule has 2 aromatic carbocycles. The van der Waals surface area contributed by atoms with Gasteiger partial charge >= 0.3 is 0 Å². The van der Waals surface area contributed by atoms with E-state index in [0.29, 0.717) is 23.5 Å². The Morgan fingerprint density at radius 1 is 1.29 bits per heavy atom. The molecule has 178 valence electrons. The van der Waals surface area contributed by atoms with Gasteiger partial charge in [-0.1, -0.05) is 24.3 Å². The summed E-state index contributed by atoms with van der Waals surface area (Å²) in [5, 5.41) is 30.0. The Bertz CT molecular complexity index is 1380. The van der Waals surface area contributed by atoms with Gasteiger partial charge in [-0.15, -0.1) is 5.10 Å². The zero-order valence-corrected chi connectivity index (χ0v) is 18.4. The number of nitrogens with one attached hydrogen (secondary N) is 1. The molecule has 3 N–H and O–H groups in total. The lowest BCUT2D eigenvalue weighted by Crippen LogP contribution is -2.19. The van der Waals surface area contributed by atoms with Gasteiger partial charge in [0.2, 0.25) is 11.6 Å². The minimum atomic E-state index is -0.686. The first-order valence-electron chi connectivity index (χ1n) is 10.3. The second kappa shape index (κ2) is 10.2. The van der Waals surface area contributed by atoms with Crippen LogP contribution in [0, 0.1) is 10.1 Å². The molecule has 0 aliphatic heterocycles. The van der Waals surface area contributed by atoms with Gasteiger partial charge in [0, 0.05) is 23.3 Å². The number of anilines is 1. The van der Waals surface area contributed by atoms with Crippen molar-refractivity contribution >= 4 is 23.6 Å². The number of aromatic nitrogens is 5. The average molecular weight is 477 g/mol. The molecule has 0 saturated heterocycles. The molecule has 4 rings (SSSR count). The number of nitrogens with two attached hydrogens (primary N) is 1. The Morgan fingerprint density at radius 2 is 2.09 bits per heavy atom. The fourth-order valence-corrected chi connectivity index (χ4v) is 3.05. The smallest absolute Gasteiger partial charge is 0.294 e. The van der Waals surface area contributed by atoms with Gasteiger partial charge in [0.15, 0.2) is 5.69 Å². The summed E-state index contributed by atoms with van der Waals surface area (Å²) in [4.78, 5) is 23.3.